The number of hydrogen-bond donors (Lipinski definition) is 1. The minimum Gasteiger partial charge on any atom is -0.748 e. The summed E-state index contributed by atoms with van der Waals surface area (Å²) >= 11 is 9.67. The van der Waals surface area contributed by atoms with Crippen LogP contribution in [0.1, 0.15) is 49.3 Å². The van der Waals surface area contributed by atoms with Crippen molar-refractivity contribution < 1.29 is 27.7 Å². The summed E-state index contributed by atoms with van der Waals surface area (Å²) in [5.41, 5.74) is 1.71. The van der Waals surface area contributed by atoms with Gasteiger partial charge in [0.1, 0.15) is 11.4 Å². The molecule has 2 aromatic carbocycles. The van der Waals surface area contributed by atoms with E-state index in [1.807, 2.05) is 37.3 Å². The average Bonchev–Trinajstić information content (AvgIpc) is 2.78. The summed E-state index contributed by atoms with van der Waals surface area (Å²) in [5, 5.41) is 11.8. The smallest absolute Gasteiger partial charge is 0.304 e. The van der Waals surface area contributed by atoms with Crippen LogP contribution in [0.15, 0.2) is 48.5 Å². The summed E-state index contributed by atoms with van der Waals surface area (Å²) in [6.07, 6.45) is 0.493. The van der Waals surface area contributed by atoms with E-state index in [9.17, 15) is 23.5 Å². The number of nitrogens with zero attached hydrogens (tertiary/aromatic N) is 2. The molecule has 1 aliphatic rings. The van der Waals surface area contributed by atoms with Gasteiger partial charge in [0.25, 0.3) is 0 Å². The predicted octanol–water partition coefficient (Wildman–Crippen LogP) is 4.58. The predicted molar refractivity (Wildman–Crippen MR) is 132 cm³/mol. The molecule has 5 atom stereocenters. The van der Waals surface area contributed by atoms with E-state index in [0.717, 1.165) is 16.2 Å². The molecular weight excluding hydrogens is 515 g/mol. The molecule has 1 N–H and O–H groups in total. The van der Waals surface area contributed by atoms with Crippen LogP contribution in [0.25, 0.3) is 0 Å². The molecule has 0 radical (unpaired) electrons. The van der Waals surface area contributed by atoms with Gasteiger partial charge in [0.05, 0.1) is 12.5 Å². The number of piperidine rings is 1. The molecule has 35 heavy (non-hydrogen) atoms. The Bertz CT molecular complexity index is 1070. The van der Waals surface area contributed by atoms with E-state index in [-0.39, 0.29) is 24.8 Å². The number of likely N-dealkylation sites (N-methyl/N-ethyl adjacent to an activating group) is 1. The van der Waals surface area contributed by atoms with Crippen LogP contribution in [0.2, 0.25) is 10.0 Å². The molecule has 190 valence electrons. The second-order valence-electron chi connectivity index (χ2n) is 8.59. The molecule has 1 heterocycles. The van der Waals surface area contributed by atoms with E-state index in [4.69, 9.17) is 27.5 Å². The SMILES string of the molecule is CCC(CN(C)OS(=O)[O-])N1C(=O)C(CC(=O)O)CC(c2cccc(Cl)c2)C1c1ccc(Cl)cc1. The van der Waals surface area contributed by atoms with E-state index in [1.54, 1.807) is 23.1 Å². The van der Waals surface area contributed by atoms with E-state index in [1.165, 1.54) is 7.05 Å². The monoisotopic (exact) mass is 541 g/mol. The Morgan fingerprint density at radius 2 is 1.91 bits per heavy atom. The third-order valence-electron chi connectivity index (χ3n) is 6.25. The molecule has 1 fully saturated rings. The third kappa shape index (κ3) is 7.03. The van der Waals surface area contributed by atoms with Crippen molar-refractivity contribution in [2.45, 2.75) is 44.2 Å². The van der Waals surface area contributed by atoms with Gasteiger partial charge < -0.3 is 14.6 Å². The first-order chi connectivity index (χ1) is 16.6. The maximum atomic E-state index is 13.8. The maximum Gasteiger partial charge on any atom is 0.304 e. The largest absolute Gasteiger partial charge is 0.748 e. The van der Waals surface area contributed by atoms with E-state index in [2.05, 4.69) is 0 Å². The van der Waals surface area contributed by atoms with Crippen LogP contribution >= 0.6 is 23.2 Å². The second-order valence-corrected chi connectivity index (χ2v) is 10.0. The lowest BCUT2D eigenvalue weighted by Crippen LogP contribution is -2.54. The number of benzene rings is 2. The van der Waals surface area contributed by atoms with Crippen molar-refractivity contribution in [1.29, 1.82) is 0 Å². The first-order valence-corrected chi connectivity index (χ1v) is 12.9. The number of likely N-dealkylation sites (tertiary alicyclic amines) is 1. The van der Waals surface area contributed by atoms with Crippen LogP contribution in [-0.4, -0.2) is 55.3 Å². The van der Waals surface area contributed by atoms with Crippen molar-refractivity contribution in [1.82, 2.24) is 9.96 Å². The summed E-state index contributed by atoms with van der Waals surface area (Å²) in [6, 6.07) is 13.6. The Morgan fingerprint density at radius 1 is 1.23 bits per heavy atom. The van der Waals surface area contributed by atoms with Gasteiger partial charge in [0.15, 0.2) is 0 Å². The fraction of sp³-hybridized carbons (Fsp3) is 0.417. The number of hydrogen-bond acceptors (Lipinski definition) is 6. The van der Waals surface area contributed by atoms with E-state index in [0.29, 0.717) is 22.9 Å². The Kier molecular flexibility index (Phi) is 9.69. The lowest BCUT2D eigenvalue weighted by Gasteiger charge is -2.48. The van der Waals surface area contributed by atoms with Gasteiger partial charge in [0, 0.05) is 41.5 Å². The standard InChI is InChI=1S/C24H28Cl2N2O6S/c1-3-20(14-27(2)34-35(32)33)28-23(15-7-9-18(25)10-8-15)21(16-5-4-6-19(26)11-16)12-17(24(28)31)13-22(29)30/h4-11,17,20-21,23H,3,12-14H2,1-2H3,(H,29,30)(H,32,33)/p-1. The van der Waals surface area contributed by atoms with Crippen LogP contribution in [0.3, 0.4) is 0 Å². The number of carbonyl (C=O) groups excluding carboxylic acids is 1. The molecule has 0 spiro atoms. The molecule has 1 saturated heterocycles. The van der Waals surface area contributed by atoms with Gasteiger partial charge in [-0.05, 0) is 48.2 Å². The molecule has 5 unspecified atom stereocenters. The highest BCUT2D eigenvalue weighted by atomic mass is 35.5. The Hall–Kier alpha value is -2.01. The Labute approximate surface area is 217 Å². The van der Waals surface area contributed by atoms with E-state index >= 15 is 0 Å². The summed E-state index contributed by atoms with van der Waals surface area (Å²) in [5.74, 6) is -2.37. The molecule has 1 amide bonds. The molecule has 8 nitrogen and oxygen atoms in total. The molecule has 0 aromatic heterocycles. The lowest BCUT2D eigenvalue weighted by atomic mass is 9.74. The van der Waals surface area contributed by atoms with Gasteiger partial charge in [-0.25, -0.2) is 8.49 Å². The number of amides is 1. The number of carboxylic acid groups (broad SMARTS) is 1. The summed E-state index contributed by atoms with van der Waals surface area (Å²) in [6.45, 7) is 1.98. The van der Waals surface area contributed by atoms with Crippen molar-refractivity contribution in [3.63, 3.8) is 0 Å². The third-order valence-corrected chi connectivity index (χ3v) is 7.12. The minimum atomic E-state index is -2.76. The highest BCUT2D eigenvalue weighted by Gasteiger charge is 2.46. The van der Waals surface area contributed by atoms with Gasteiger partial charge in [-0.1, -0.05) is 54.4 Å². The molecule has 1 aliphatic heterocycles. The normalized spacial score (nSPS) is 22.3. The van der Waals surface area contributed by atoms with Gasteiger partial charge in [-0.3, -0.25) is 9.59 Å². The fourth-order valence-electron chi connectivity index (χ4n) is 4.82. The van der Waals surface area contributed by atoms with Crippen LogP contribution in [0, 0.1) is 5.92 Å². The van der Waals surface area contributed by atoms with Crippen molar-refractivity contribution in [3.05, 3.63) is 69.7 Å². The van der Waals surface area contributed by atoms with Crippen molar-refractivity contribution >= 4 is 46.4 Å². The van der Waals surface area contributed by atoms with Crippen molar-refractivity contribution in [2.24, 2.45) is 5.92 Å². The minimum absolute atomic E-state index is 0.0996. The summed E-state index contributed by atoms with van der Waals surface area (Å²) in [4.78, 5) is 27.1. The highest BCUT2D eigenvalue weighted by Crippen LogP contribution is 2.47. The number of rotatable bonds is 10. The molecule has 0 aliphatic carbocycles. The maximum absolute atomic E-state index is 13.8. The number of carboxylic acids is 1. The lowest BCUT2D eigenvalue weighted by molar-refractivity contribution is -0.154. The summed E-state index contributed by atoms with van der Waals surface area (Å²) < 4.78 is 26.9. The quantitative estimate of drug-likeness (QED) is 0.346. The molecule has 11 heteroatoms. The molecule has 2 aromatic rings. The molecule has 3 rings (SSSR count). The Balaban J connectivity index is 2.14. The van der Waals surface area contributed by atoms with E-state index < -0.39 is 35.3 Å². The van der Waals surface area contributed by atoms with Gasteiger partial charge in [-0.15, -0.1) is 0 Å². The van der Waals surface area contributed by atoms with Crippen LogP contribution in [0.4, 0.5) is 0 Å². The average molecular weight is 542 g/mol. The first kappa shape index (κ1) is 27.6. The zero-order valence-electron chi connectivity index (χ0n) is 19.3. The van der Waals surface area contributed by atoms with Crippen molar-refractivity contribution in [2.75, 3.05) is 13.6 Å². The van der Waals surface area contributed by atoms with Crippen LogP contribution < -0.4 is 0 Å². The number of halogens is 2. The van der Waals surface area contributed by atoms with Crippen molar-refractivity contribution in [3.8, 4) is 0 Å². The summed E-state index contributed by atoms with van der Waals surface area (Å²) in [7, 11) is 1.47. The number of carbonyl (C=O) groups is 2. The van der Waals surface area contributed by atoms with Gasteiger partial charge in [-0.2, -0.15) is 5.06 Å². The highest BCUT2D eigenvalue weighted by molar-refractivity contribution is 7.74. The van der Waals surface area contributed by atoms with Gasteiger partial charge in [0.2, 0.25) is 5.91 Å². The Morgan fingerprint density at radius 3 is 2.49 bits per heavy atom. The molecule has 0 bridgehead atoms. The van der Waals surface area contributed by atoms with Gasteiger partial charge >= 0.3 is 5.97 Å². The zero-order chi connectivity index (χ0) is 25.7. The van der Waals surface area contributed by atoms with Crippen LogP contribution in [-0.2, 0) is 25.2 Å². The fourth-order valence-corrected chi connectivity index (χ4v) is 5.41. The topological polar surface area (TPSA) is 110 Å². The second kappa shape index (κ2) is 12.3. The van der Waals surface area contributed by atoms with Crippen LogP contribution in [0.5, 0.6) is 0 Å². The number of hydroxylamine groups is 2. The first-order valence-electron chi connectivity index (χ1n) is 11.1. The molecule has 0 saturated carbocycles. The zero-order valence-corrected chi connectivity index (χ0v) is 21.6. The number of aliphatic carboxylic acids is 1. The molecular formula is C24H27Cl2N2O6S-.